The van der Waals surface area contributed by atoms with E-state index < -0.39 is 6.10 Å². The van der Waals surface area contributed by atoms with Gasteiger partial charge < -0.3 is 24.8 Å². The molecule has 0 bridgehead atoms. The van der Waals surface area contributed by atoms with Crippen molar-refractivity contribution in [2.75, 3.05) is 27.3 Å². The van der Waals surface area contributed by atoms with Crippen molar-refractivity contribution in [3.63, 3.8) is 0 Å². The quantitative estimate of drug-likeness (QED) is 0.638. The lowest BCUT2D eigenvalue weighted by Gasteiger charge is -2.32. The zero-order valence-electron chi connectivity index (χ0n) is 17.7. The van der Waals surface area contributed by atoms with Crippen LogP contribution in [-0.2, 0) is 6.54 Å². The van der Waals surface area contributed by atoms with Crippen molar-refractivity contribution in [1.82, 2.24) is 10.2 Å². The highest BCUT2D eigenvalue weighted by atomic mass is 16.5. The van der Waals surface area contributed by atoms with Gasteiger partial charge in [0.2, 0.25) is 0 Å². The molecule has 2 aliphatic rings. The van der Waals surface area contributed by atoms with Crippen molar-refractivity contribution in [2.45, 2.75) is 82.5 Å². The van der Waals surface area contributed by atoms with Gasteiger partial charge in [0.15, 0.2) is 11.5 Å². The molecule has 28 heavy (non-hydrogen) atoms. The number of methoxy groups -OCH3 is 1. The summed E-state index contributed by atoms with van der Waals surface area (Å²) in [6.45, 7) is 1.79. The third kappa shape index (κ3) is 6.36. The van der Waals surface area contributed by atoms with Crippen LogP contribution in [0.5, 0.6) is 11.5 Å². The second kappa shape index (κ2) is 11.0. The molecule has 2 aliphatic carbocycles. The number of aliphatic hydroxyl groups excluding tert-OH is 1. The molecule has 0 aromatic heterocycles. The third-order valence-corrected chi connectivity index (χ3v) is 6.31. The summed E-state index contributed by atoms with van der Waals surface area (Å²) in [6.07, 6.45) is 11.2. The fourth-order valence-corrected chi connectivity index (χ4v) is 4.58. The maximum atomic E-state index is 10.4. The summed E-state index contributed by atoms with van der Waals surface area (Å²) in [5.74, 6) is 1.44. The summed E-state index contributed by atoms with van der Waals surface area (Å²) < 4.78 is 11.4. The number of likely N-dealkylation sites (N-methyl/N-ethyl adjacent to an activating group) is 1. The van der Waals surface area contributed by atoms with E-state index in [1.54, 1.807) is 7.11 Å². The number of rotatable bonds is 10. The van der Waals surface area contributed by atoms with Gasteiger partial charge in [-0.3, -0.25) is 0 Å². The summed E-state index contributed by atoms with van der Waals surface area (Å²) in [4.78, 5) is 2.29. The standard InChI is InChI=1S/C23H38N2O3/c1-25(20-10-4-3-5-11-20)16-21(26)17-28-22-13-12-18(14-23(22)27-2)15-24-19-8-6-7-9-19/h12-14,19-21,24,26H,3-11,15-17H2,1-2H3/t21-/m1/s1. The number of aliphatic hydroxyl groups is 1. The monoisotopic (exact) mass is 390 g/mol. The van der Waals surface area contributed by atoms with E-state index in [1.165, 1.54) is 63.4 Å². The Balaban J connectivity index is 1.45. The molecule has 3 rings (SSSR count). The lowest BCUT2D eigenvalue weighted by molar-refractivity contribution is 0.0553. The SMILES string of the molecule is COc1cc(CNC2CCCC2)ccc1OC[C@H](O)CN(C)C1CCCCC1. The molecule has 2 fully saturated rings. The average molecular weight is 391 g/mol. The smallest absolute Gasteiger partial charge is 0.161 e. The highest BCUT2D eigenvalue weighted by Gasteiger charge is 2.20. The van der Waals surface area contributed by atoms with E-state index in [9.17, 15) is 5.11 Å². The van der Waals surface area contributed by atoms with Crippen LogP contribution < -0.4 is 14.8 Å². The predicted molar refractivity (Wildman–Crippen MR) is 113 cm³/mol. The van der Waals surface area contributed by atoms with Gasteiger partial charge in [0.05, 0.1) is 7.11 Å². The van der Waals surface area contributed by atoms with Gasteiger partial charge in [-0.15, -0.1) is 0 Å². The Morgan fingerprint density at radius 2 is 1.79 bits per heavy atom. The summed E-state index contributed by atoms with van der Waals surface area (Å²) >= 11 is 0. The van der Waals surface area contributed by atoms with Crippen LogP contribution in [0.3, 0.4) is 0 Å². The molecule has 0 radical (unpaired) electrons. The first kappa shape index (κ1) is 21.4. The second-order valence-corrected chi connectivity index (χ2v) is 8.54. The van der Waals surface area contributed by atoms with Gasteiger partial charge in [-0.25, -0.2) is 0 Å². The van der Waals surface area contributed by atoms with E-state index >= 15 is 0 Å². The lowest BCUT2D eigenvalue weighted by atomic mass is 9.94. The Labute approximate surface area is 170 Å². The Hall–Kier alpha value is -1.30. The Morgan fingerprint density at radius 3 is 2.50 bits per heavy atom. The molecular formula is C23H38N2O3. The first-order chi connectivity index (χ1) is 13.7. The van der Waals surface area contributed by atoms with Crippen molar-refractivity contribution in [3.05, 3.63) is 23.8 Å². The number of nitrogens with one attached hydrogen (secondary N) is 1. The van der Waals surface area contributed by atoms with Crippen LogP contribution in [0.25, 0.3) is 0 Å². The van der Waals surface area contributed by atoms with Crippen molar-refractivity contribution in [2.24, 2.45) is 0 Å². The molecule has 2 saturated carbocycles. The third-order valence-electron chi connectivity index (χ3n) is 6.31. The van der Waals surface area contributed by atoms with Crippen LogP contribution in [-0.4, -0.2) is 55.5 Å². The maximum Gasteiger partial charge on any atom is 0.161 e. The van der Waals surface area contributed by atoms with Crippen molar-refractivity contribution in [1.29, 1.82) is 0 Å². The van der Waals surface area contributed by atoms with Gasteiger partial charge in [-0.05, 0) is 50.4 Å². The molecule has 1 atom stereocenters. The highest BCUT2D eigenvalue weighted by molar-refractivity contribution is 5.43. The first-order valence-corrected chi connectivity index (χ1v) is 11.1. The van der Waals surface area contributed by atoms with Crippen molar-refractivity contribution in [3.8, 4) is 11.5 Å². The van der Waals surface area contributed by atoms with Crippen LogP contribution in [0.2, 0.25) is 0 Å². The Bertz CT molecular complexity index is 583. The maximum absolute atomic E-state index is 10.4. The molecule has 5 heteroatoms. The fraction of sp³-hybridized carbons (Fsp3) is 0.739. The molecule has 2 N–H and O–H groups in total. The molecule has 0 saturated heterocycles. The minimum atomic E-state index is -0.500. The predicted octanol–water partition coefficient (Wildman–Crippen LogP) is 3.73. The van der Waals surface area contributed by atoms with Gasteiger partial charge in [0.25, 0.3) is 0 Å². The van der Waals surface area contributed by atoms with Gasteiger partial charge in [-0.1, -0.05) is 38.2 Å². The van der Waals surface area contributed by atoms with Crippen LogP contribution in [0.1, 0.15) is 63.4 Å². The van der Waals surface area contributed by atoms with E-state index in [0.29, 0.717) is 24.4 Å². The fourth-order valence-electron chi connectivity index (χ4n) is 4.58. The number of hydrogen-bond acceptors (Lipinski definition) is 5. The Morgan fingerprint density at radius 1 is 1.07 bits per heavy atom. The van der Waals surface area contributed by atoms with Gasteiger partial charge >= 0.3 is 0 Å². The van der Waals surface area contributed by atoms with E-state index in [2.05, 4.69) is 23.3 Å². The van der Waals surface area contributed by atoms with Crippen molar-refractivity contribution < 1.29 is 14.6 Å². The van der Waals surface area contributed by atoms with E-state index in [1.807, 2.05) is 12.1 Å². The normalized spacial score (nSPS) is 19.9. The van der Waals surface area contributed by atoms with Crippen LogP contribution in [0, 0.1) is 0 Å². The molecule has 0 heterocycles. The van der Waals surface area contributed by atoms with Crippen LogP contribution >= 0.6 is 0 Å². The number of benzene rings is 1. The average Bonchev–Trinajstić information content (AvgIpc) is 3.25. The van der Waals surface area contributed by atoms with Crippen LogP contribution in [0.4, 0.5) is 0 Å². The lowest BCUT2D eigenvalue weighted by Crippen LogP contribution is -2.40. The van der Waals surface area contributed by atoms with E-state index in [0.717, 1.165) is 12.3 Å². The molecule has 0 aliphatic heterocycles. The minimum Gasteiger partial charge on any atom is -0.493 e. The largest absolute Gasteiger partial charge is 0.493 e. The molecule has 0 amide bonds. The molecule has 1 aromatic carbocycles. The van der Waals surface area contributed by atoms with E-state index in [4.69, 9.17) is 9.47 Å². The van der Waals surface area contributed by atoms with Gasteiger partial charge in [-0.2, -0.15) is 0 Å². The molecular weight excluding hydrogens is 352 g/mol. The summed E-state index contributed by atoms with van der Waals surface area (Å²) in [5.41, 5.74) is 1.20. The second-order valence-electron chi connectivity index (χ2n) is 8.54. The molecule has 158 valence electrons. The number of nitrogens with zero attached hydrogens (tertiary/aromatic N) is 1. The number of ether oxygens (including phenoxy) is 2. The molecule has 5 nitrogen and oxygen atoms in total. The summed E-state index contributed by atoms with van der Waals surface area (Å²) in [7, 11) is 3.79. The minimum absolute atomic E-state index is 0.285. The van der Waals surface area contributed by atoms with Gasteiger partial charge in [0, 0.05) is 25.2 Å². The highest BCUT2D eigenvalue weighted by Crippen LogP contribution is 2.29. The molecule has 1 aromatic rings. The van der Waals surface area contributed by atoms with Crippen molar-refractivity contribution >= 4 is 0 Å². The number of hydrogen-bond donors (Lipinski definition) is 2. The summed E-state index contributed by atoms with van der Waals surface area (Å²) in [5, 5.41) is 14.0. The zero-order chi connectivity index (χ0) is 19.8. The van der Waals surface area contributed by atoms with Gasteiger partial charge in [0.1, 0.15) is 12.7 Å². The topological polar surface area (TPSA) is 54.0 Å². The zero-order valence-corrected chi connectivity index (χ0v) is 17.7. The summed E-state index contributed by atoms with van der Waals surface area (Å²) in [6, 6.07) is 7.34. The van der Waals surface area contributed by atoms with E-state index in [-0.39, 0.29) is 6.61 Å². The van der Waals surface area contributed by atoms with Crippen LogP contribution in [0.15, 0.2) is 18.2 Å². The molecule has 0 unspecified atom stereocenters. The molecule has 0 spiro atoms. The Kier molecular flexibility index (Phi) is 8.44. The first-order valence-electron chi connectivity index (χ1n) is 11.1.